The van der Waals surface area contributed by atoms with Gasteiger partial charge in [0.25, 0.3) is 0 Å². The molecule has 7 nitrogen and oxygen atoms in total. The minimum Gasteiger partial charge on any atom is -0.300 e. The molecule has 1 aromatic carbocycles. The first kappa shape index (κ1) is 17.6. The Balaban J connectivity index is 1.42. The van der Waals surface area contributed by atoms with Crippen LogP contribution >= 0.6 is 23.1 Å². The molecule has 9 heteroatoms. The molecule has 4 aromatic rings. The molecule has 0 unspecified atom stereocenters. The summed E-state index contributed by atoms with van der Waals surface area (Å²) in [6.45, 7) is 2.00. The molecule has 0 saturated carbocycles. The van der Waals surface area contributed by atoms with Crippen LogP contribution in [-0.4, -0.2) is 36.5 Å². The van der Waals surface area contributed by atoms with Gasteiger partial charge in [-0.25, -0.2) is 9.50 Å². The summed E-state index contributed by atoms with van der Waals surface area (Å²) in [5, 5.41) is 17.4. The predicted molar refractivity (Wildman–Crippen MR) is 107 cm³/mol. The first-order chi connectivity index (χ1) is 13.2. The van der Waals surface area contributed by atoms with Gasteiger partial charge in [-0.2, -0.15) is 5.10 Å². The quantitative estimate of drug-likeness (QED) is 0.502. The van der Waals surface area contributed by atoms with Crippen LogP contribution < -0.4 is 5.32 Å². The molecular formula is C18H16N6OS2. The molecule has 3 heterocycles. The number of fused-ring (bicyclic) bond motifs is 1. The van der Waals surface area contributed by atoms with Crippen molar-refractivity contribution < 1.29 is 4.79 Å². The van der Waals surface area contributed by atoms with E-state index in [1.807, 2.05) is 55.6 Å². The Morgan fingerprint density at radius 1 is 1.19 bits per heavy atom. The highest BCUT2D eigenvalue weighted by Crippen LogP contribution is 2.21. The molecule has 1 N–H and O–H groups in total. The largest absolute Gasteiger partial charge is 0.300 e. The standard InChI is InChI=1S/C18H16N6OS2/c1-2-16-21-22-18(27-16)20-15(25)11-26-17-9-8-14-19-13(10-24(14)23-17)12-6-4-3-5-7-12/h3-10H,2,11H2,1H3,(H,20,22,25). The lowest BCUT2D eigenvalue weighted by atomic mass is 10.2. The van der Waals surface area contributed by atoms with Crippen molar-refractivity contribution in [2.75, 3.05) is 11.1 Å². The Morgan fingerprint density at radius 3 is 2.81 bits per heavy atom. The summed E-state index contributed by atoms with van der Waals surface area (Å²) >= 11 is 2.76. The van der Waals surface area contributed by atoms with Crippen molar-refractivity contribution in [1.29, 1.82) is 0 Å². The molecule has 3 aromatic heterocycles. The van der Waals surface area contributed by atoms with Gasteiger partial charge in [-0.15, -0.1) is 10.2 Å². The Kier molecular flexibility index (Phi) is 5.12. The van der Waals surface area contributed by atoms with E-state index in [1.54, 1.807) is 4.52 Å². The van der Waals surface area contributed by atoms with E-state index in [4.69, 9.17) is 0 Å². The van der Waals surface area contributed by atoms with Crippen molar-refractivity contribution in [2.24, 2.45) is 0 Å². The van der Waals surface area contributed by atoms with Gasteiger partial charge >= 0.3 is 0 Å². The van der Waals surface area contributed by atoms with Gasteiger partial charge in [-0.05, 0) is 18.6 Å². The highest BCUT2D eigenvalue weighted by molar-refractivity contribution is 7.99. The monoisotopic (exact) mass is 396 g/mol. The number of benzene rings is 1. The van der Waals surface area contributed by atoms with Crippen LogP contribution in [0.4, 0.5) is 5.13 Å². The lowest BCUT2D eigenvalue weighted by molar-refractivity contribution is -0.113. The number of aryl methyl sites for hydroxylation is 1. The van der Waals surface area contributed by atoms with Gasteiger partial charge in [-0.1, -0.05) is 60.4 Å². The molecule has 0 aliphatic carbocycles. The molecule has 136 valence electrons. The van der Waals surface area contributed by atoms with Crippen LogP contribution in [0.1, 0.15) is 11.9 Å². The van der Waals surface area contributed by atoms with Crippen LogP contribution in [0.25, 0.3) is 16.9 Å². The molecule has 1 amide bonds. The fourth-order valence-corrected chi connectivity index (χ4v) is 3.79. The second-order valence-corrected chi connectivity index (χ2v) is 7.72. The lowest BCUT2D eigenvalue weighted by Gasteiger charge is -2.01. The summed E-state index contributed by atoms with van der Waals surface area (Å²) in [5.74, 6) is 0.121. The van der Waals surface area contributed by atoms with Gasteiger partial charge in [0.2, 0.25) is 11.0 Å². The Hall–Kier alpha value is -2.78. The summed E-state index contributed by atoms with van der Waals surface area (Å²) in [6, 6.07) is 13.7. The zero-order valence-electron chi connectivity index (χ0n) is 14.5. The van der Waals surface area contributed by atoms with Crippen molar-refractivity contribution in [1.82, 2.24) is 24.8 Å². The normalized spacial score (nSPS) is 11.0. The van der Waals surface area contributed by atoms with E-state index in [9.17, 15) is 4.79 Å². The second-order valence-electron chi connectivity index (χ2n) is 5.66. The summed E-state index contributed by atoms with van der Waals surface area (Å²) in [5.41, 5.74) is 2.68. The van der Waals surface area contributed by atoms with Crippen molar-refractivity contribution >= 4 is 39.8 Å². The Labute approximate surface area is 163 Å². The number of carbonyl (C=O) groups excluding carboxylic acids is 1. The molecule has 0 atom stereocenters. The highest BCUT2D eigenvalue weighted by Gasteiger charge is 2.10. The third-order valence-corrected chi connectivity index (χ3v) is 5.63. The molecular weight excluding hydrogens is 380 g/mol. The summed E-state index contributed by atoms with van der Waals surface area (Å²) in [4.78, 5) is 16.7. The number of carbonyl (C=O) groups is 1. The minimum atomic E-state index is -0.128. The zero-order valence-corrected chi connectivity index (χ0v) is 16.1. The molecule has 0 spiro atoms. The number of rotatable bonds is 6. The van der Waals surface area contributed by atoms with E-state index in [2.05, 4.69) is 25.6 Å². The molecule has 0 aliphatic rings. The van der Waals surface area contributed by atoms with E-state index in [1.165, 1.54) is 23.1 Å². The zero-order chi connectivity index (χ0) is 18.6. The van der Waals surface area contributed by atoms with Crippen molar-refractivity contribution in [3.05, 3.63) is 53.7 Å². The fourth-order valence-electron chi connectivity index (χ4n) is 2.43. The second kappa shape index (κ2) is 7.85. The van der Waals surface area contributed by atoms with Gasteiger partial charge in [0.15, 0.2) is 5.65 Å². The number of thioether (sulfide) groups is 1. The topological polar surface area (TPSA) is 85.1 Å². The summed E-state index contributed by atoms with van der Waals surface area (Å²) in [6.07, 6.45) is 2.70. The van der Waals surface area contributed by atoms with Gasteiger partial charge in [0, 0.05) is 5.56 Å². The molecule has 0 fully saturated rings. The first-order valence-electron chi connectivity index (χ1n) is 8.38. The number of anilines is 1. The maximum Gasteiger partial charge on any atom is 0.236 e. The molecule has 0 radical (unpaired) electrons. The highest BCUT2D eigenvalue weighted by atomic mass is 32.2. The van der Waals surface area contributed by atoms with Crippen LogP contribution in [0.3, 0.4) is 0 Å². The smallest absolute Gasteiger partial charge is 0.236 e. The average Bonchev–Trinajstić information content (AvgIpc) is 3.33. The number of aromatic nitrogens is 5. The van der Waals surface area contributed by atoms with Crippen LogP contribution in [0.5, 0.6) is 0 Å². The number of nitrogens with zero attached hydrogens (tertiary/aromatic N) is 5. The van der Waals surface area contributed by atoms with Crippen molar-refractivity contribution in [3.63, 3.8) is 0 Å². The lowest BCUT2D eigenvalue weighted by Crippen LogP contribution is -2.14. The van der Waals surface area contributed by atoms with Crippen LogP contribution in [0.2, 0.25) is 0 Å². The maximum absolute atomic E-state index is 12.1. The Bertz CT molecular complexity index is 1080. The van der Waals surface area contributed by atoms with E-state index >= 15 is 0 Å². The first-order valence-corrected chi connectivity index (χ1v) is 10.2. The molecule has 27 heavy (non-hydrogen) atoms. The third-order valence-electron chi connectivity index (χ3n) is 3.73. The maximum atomic E-state index is 12.1. The number of amides is 1. The summed E-state index contributed by atoms with van der Waals surface area (Å²) in [7, 11) is 0. The van der Waals surface area contributed by atoms with E-state index in [-0.39, 0.29) is 11.7 Å². The molecule has 0 bridgehead atoms. The van der Waals surface area contributed by atoms with Gasteiger partial charge in [0.1, 0.15) is 10.0 Å². The number of hydrogen-bond donors (Lipinski definition) is 1. The predicted octanol–water partition coefficient (Wildman–Crippen LogP) is 3.54. The van der Waals surface area contributed by atoms with Crippen LogP contribution in [0, 0.1) is 0 Å². The van der Waals surface area contributed by atoms with Crippen LogP contribution in [0.15, 0.2) is 53.7 Å². The molecule has 0 aliphatic heterocycles. The fraction of sp³-hybridized carbons (Fsp3) is 0.167. The van der Waals surface area contributed by atoms with E-state index < -0.39 is 0 Å². The number of imidazole rings is 1. The van der Waals surface area contributed by atoms with Gasteiger partial charge in [0.05, 0.1) is 17.6 Å². The van der Waals surface area contributed by atoms with Crippen molar-refractivity contribution in [2.45, 2.75) is 18.4 Å². The van der Waals surface area contributed by atoms with E-state index in [0.29, 0.717) is 5.13 Å². The van der Waals surface area contributed by atoms with Gasteiger partial charge < -0.3 is 0 Å². The number of nitrogens with one attached hydrogen (secondary N) is 1. The van der Waals surface area contributed by atoms with Gasteiger partial charge in [-0.3, -0.25) is 10.1 Å². The van der Waals surface area contributed by atoms with Crippen molar-refractivity contribution in [3.8, 4) is 11.3 Å². The SMILES string of the molecule is CCc1nnc(NC(=O)CSc2ccc3nc(-c4ccccc4)cn3n2)s1. The Morgan fingerprint density at radius 2 is 2.04 bits per heavy atom. The average molecular weight is 397 g/mol. The molecule has 0 saturated heterocycles. The van der Waals surface area contributed by atoms with E-state index in [0.717, 1.165) is 33.4 Å². The third kappa shape index (κ3) is 4.15. The van der Waals surface area contributed by atoms with Crippen LogP contribution in [-0.2, 0) is 11.2 Å². The molecule has 4 rings (SSSR count). The minimum absolute atomic E-state index is 0.128. The number of hydrogen-bond acceptors (Lipinski definition) is 7. The summed E-state index contributed by atoms with van der Waals surface area (Å²) < 4.78 is 1.74.